The molecule has 0 unspecified atom stereocenters. The summed E-state index contributed by atoms with van der Waals surface area (Å²) in [7, 11) is -3.48. The van der Waals surface area contributed by atoms with Crippen molar-refractivity contribution in [3.8, 4) is 0 Å². The van der Waals surface area contributed by atoms with Crippen LogP contribution in [0, 0.1) is 5.82 Å². The van der Waals surface area contributed by atoms with Crippen LogP contribution in [0.15, 0.2) is 21.6 Å². The lowest BCUT2D eigenvalue weighted by molar-refractivity contribution is 0.564. The van der Waals surface area contributed by atoms with Crippen molar-refractivity contribution < 1.29 is 17.6 Å². The number of hydrogen-bond donors (Lipinski definition) is 1. The van der Waals surface area contributed by atoms with Gasteiger partial charge in [-0.2, -0.15) is 4.99 Å². The second-order valence-corrected chi connectivity index (χ2v) is 5.86. The summed E-state index contributed by atoms with van der Waals surface area (Å²) in [6.45, 7) is 1.46. The standard InChI is InChI=1S/C9H8BrFN2O3S/c1-2-17(15,16)13-8-4-9(12-5-14)7(11)3-6(8)10/h3-4,13H,2H2,1H3. The Balaban J connectivity index is 3.25. The Morgan fingerprint density at radius 2 is 2.18 bits per heavy atom. The maximum atomic E-state index is 13.3. The first-order valence-corrected chi connectivity index (χ1v) is 6.91. The van der Waals surface area contributed by atoms with Gasteiger partial charge >= 0.3 is 0 Å². The predicted molar refractivity (Wildman–Crippen MR) is 65.0 cm³/mol. The highest BCUT2D eigenvalue weighted by Crippen LogP contribution is 2.30. The molecule has 92 valence electrons. The number of benzene rings is 1. The Hall–Kier alpha value is -1.24. The summed E-state index contributed by atoms with van der Waals surface area (Å²) < 4.78 is 38.4. The van der Waals surface area contributed by atoms with E-state index < -0.39 is 15.8 Å². The molecule has 1 N–H and O–H groups in total. The van der Waals surface area contributed by atoms with E-state index >= 15 is 0 Å². The smallest absolute Gasteiger partial charge is 0.240 e. The Kier molecular flexibility index (Phi) is 4.39. The van der Waals surface area contributed by atoms with Crippen molar-refractivity contribution in [2.75, 3.05) is 10.5 Å². The van der Waals surface area contributed by atoms with Crippen LogP contribution in [0.5, 0.6) is 0 Å². The zero-order chi connectivity index (χ0) is 13.1. The van der Waals surface area contributed by atoms with Gasteiger partial charge in [-0.15, -0.1) is 0 Å². The highest BCUT2D eigenvalue weighted by Gasteiger charge is 2.13. The zero-order valence-electron chi connectivity index (χ0n) is 8.70. The number of carbonyl (C=O) groups excluding carboxylic acids is 1. The molecule has 0 aliphatic rings. The van der Waals surface area contributed by atoms with Crippen molar-refractivity contribution >= 4 is 43.4 Å². The third-order valence-electron chi connectivity index (χ3n) is 1.85. The minimum atomic E-state index is -3.48. The Morgan fingerprint density at radius 3 is 2.71 bits per heavy atom. The fourth-order valence-electron chi connectivity index (χ4n) is 0.990. The van der Waals surface area contributed by atoms with Crippen LogP contribution in [-0.2, 0) is 14.8 Å². The molecule has 0 bridgehead atoms. The predicted octanol–water partition coefficient (Wildman–Crippen LogP) is 2.32. The molecule has 1 aromatic rings. The highest BCUT2D eigenvalue weighted by molar-refractivity contribution is 9.10. The fraction of sp³-hybridized carbons (Fsp3) is 0.222. The van der Waals surface area contributed by atoms with E-state index in [1.54, 1.807) is 0 Å². The Bertz CT molecular complexity index is 582. The first kappa shape index (κ1) is 13.8. The van der Waals surface area contributed by atoms with E-state index in [1.807, 2.05) is 0 Å². The number of nitrogens with zero attached hydrogens (tertiary/aromatic N) is 1. The Labute approximate surface area is 106 Å². The average molecular weight is 323 g/mol. The van der Waals surface area contributed by atoms with Gasteiger partial charge < -0.3 is 0 Å². The number of anilines is 1. The summed E-state index contributed by atoms with van der Waals surface area (Å²) in [5, 5.41) is 0. The molecule has 0 atom stereocenters. The van der Waals surface area contributed by atoms with Crippen molar-refractivity contribution in [3.63, 3.8) is 0 Å². The lowest BCUT2D eigenvalue weighted by atomic mass is 10.3. The summed E-state index contributed by atoms with van der Waals surface area (Å²) in [6, 6.07) is 2.13. The van der Waals surface area contributed by atoms with Crippen molar-refractivity contribution in [2.45, 2.75) is 6.92 Å². The van der Waals surface area contributed by atoms with Crippen LogP contribution in [0.3, 0.4) is 0 Å². The molecule has 8 heteroatoms. The van der Waals surface area contributed by atoms with E-state index in [-0.39, 0.29) is 21.6 Å². The topological polar surface area (TPSA) is 75.6 Å². The molecular weight excluding hydrogens is 315 g/mol. The molecule has 0 amide bonds. The maximum Gasteiger partial charge on any atom is 0.240 e. The van der Waals surface area contributed by atoms with Gasteiger partial charge in [0.15, 0.2) is 5.82 Å². The van der Waals surface area contributed by atoms with Crippen molar-refractivity contribution in [3.05, 3.63) is 22.4 Å². The van der Waals surface area contributed by atoms with E-state index in [1.165, 1.54) is 13.0 Å². The Morgan fingerprint density at radius 1 is 1.53 bits per heavy atom. The third-order valence-corrected chi connectivity index (χ3v) is 3.80. The second kappa shape index (κ2) is 5.39. The fourth-order valence-corrected chi connectivity index (χ4v) is 2.18. The first-order chi connectivity index (χ1) is 7.89. The second-order valence-electron chi connectivity index (χ2n) is 2.99. The number of sulfonamides is 1. The lowest BCUT2D eigenvalue weighted by Crippen LogP contribution is -2.14. The zero-order valence-corrected chi connectivity index (χ0v) is 11.1. The summed E-state index contributed by atoms with van der Waals surface area (Å²) in [4.78, 5) is 13.2. The van der Waals surface area contributed by atoms with Gasteiger partial charge in [-0.3, -0.25) is 4.72 Å². The van der Waals surface area contributed by atoms with Crippen LogP contribution >= 0.6 is 15.9 Å². The number of aliphatic imine (C=N–C) groups is 1. The van der Waals surface area contributed by atoms with Crippen LogP contribution < -0.4 is 4.72 Å². The molecule has 0 fully saturated rings. The minimum absolute atomic E-state index is 0.113. The number of halogens is 2. The molecule has 0 saturated carbocycles. The summed E-state index contributed by atoms with van der Waals surface area (Å²) in [5.74, 6) is -0.872. The highest BCUT2D eigenvalue weighted by atomic mass is 79.9. The molecule has 5 nitrogen and oxygen atoms in total. The first-order valence-electron chi connectivity index (χ1n) is 4.47. The molecule has 0 aliphatic heterocycles. The molecule has 1 aromatic carbocycles. The van der Waals surface area contributed by atoms with E-state index in [4.69, 9.17) is 0 Å². The van der Waals surface area contributed by atoms with Crippen LogP contribution in [0.25, 0.3) is 0 Å². The van der Waals surface area contributed by atoms with Crippen molar-refractivity contribution in [1.82, 2.24) is 0 Å². The molecule has 0 saturated heterocycles. The van der Waals surface area contributed by atoms with Crippen LogP contribution in [-0.4, -0.2) is 20.3 Å². The van der Waals surface area contributed by atoms with Gasteiger partial charge in [0.05, 0.1) is 11.4 Å². The quantitative estimate of drug-likeness (QED) is 0.682. The summed E-state index contributed by atoms with van der Waals surface area (Å²) in [5.41, 5.74) is -0.167. The van der Waals surface area contributed by atoms with Crippen molar-refractivity contribution in [1.29, 1.82) is 0 Å². The molecule has 0 aliphatic carbocycles. The van der Waals surface area contributed by atoms with Crippen molar-refractivity contribution in [2.24, 2.45) is 4.99 Å². The molecule has 0 spiro atoms. The number of rotatable bonds is 4. The molecule has 1 rings (SSSR count). The van der Waals surface area contributed by atoms with Gasteiger partial charge in [-0.25, -0.2) is 17.6 Å². The van der Waals surface area contributed by atoms with Gasteiger partial charge in [0, 0.05) is 4.47 Å². The van der Waals surface area contributed by atoms with Crippen LogP contribution in [0.2, 0.25) is 0 Å². The monoisotopic (exact) mass is 322 g/mol. The van der Waals surface area contributed by atoms with Gasteiger partial charge in [-0.05, 0) is 35.0 Å². The average Bonchev–Trinajstić information content (AvgIpc) is 2.25. The lowest BCUT2D eigenvalue weighted by Gasteiger charge is -2.09. The largest absolute Gasteiger partial charge is 0.282 e. The molecule has 0 heterocycles. The maximum absolute atomic E-state index is 13.3. The SMILES string of the molecule is CCS(=O)(=O)Nc1cc(N=C=O)c(F)cc1Br. The van der Waals surface area contributed by atoms with Gasteiger partial charge in [0.2, 0.25) is 16.1 Å². The molecule has 17 heavy (non-hydrogen) atoms. The number of isocyanates is 1. The normalized spacial score (nSPS) is 10.8. The third kappa shape index (κ3) is 3.62. The summed E-state index contributed by atoms with van der Waals surface area (Å²) >= 11 is 3.01. The number of nitrogens with one attached hydrogen (secondary N) is 1. The minimum Gasteiger partial charge on any atom is -0.282 e. The van der Waals surface area contributed by atoms with Gasteiger partial charge in [0.1, 0.15) is 5.69 Å². The van der Waals surface area contributed by atoms with Gasteiger partial charge in [-0.1, -0.05) is 0 Å². The summed E-state index contributed by atoms with van der Waals surface area (Å²) in [6.07, 6.45) is 1.19. The molecular formula is C9H8BrFN2O3S. The van der Waals surface area contributed by atoms with Gasteiger partial charge in [0.25, 0.3) is 0 Å². The van der Waals surface area contributed by atoms with E-state index in [0.29, 0.717) is 0 Å². The van der Waals surface area contributed by atoms with E-state index in [9.17, 15) is 17.6 Å². The molecule has 0 radical (unpaired) electrons. The van der Waals surface area contributed by atoms with E-state index in [2.05, 4.69) is 25.6 Å². The molecule has 0 aromatic heterocycles. The van der Waals surface area contributed by atoms with Crippen LogP contribution in [0.1, 0.15) is 6.92 Å². The number of hydrogen-bond acceptors (Lipinski definition) is 4. The van der Waals surface area contributed by atoms with E-state index in [0.717, 1.165) is 12.1 Å². The van der Waals surface area contributed by atoms with Crippen LogP contribution in [0.4, 0.5) is 15.8 Å².